The fraction of sp³-hybridized carbons (Fsp3) is 0.174. The Balaban J connectivity index is 1.78. The van der Waals surface area contributed by atoms with Gasteiger partial charge in [-0.15, -0.1) is 0 Å². The van der Waals surface area contributed by atoms with Crippen molar-refractivity contribution in [3.05, 3.63) is 96.1 Å². The zero-order valence-corrected chi connectivity index (χ0v) is 17.4. The van der Waals surface area contributed by atoms with Gasteiger partial charge in [0.1, 0.15) is 11.8 Å². The molecular formula is C23H24N2O4S. The van der Waals surface area contributed by atoms with Gasteiger partial charge in [0.25, 0.3) is 0 Å². The van der Waals surface area contributed by atoms with Crippen LogP contribution in [0.5, 0.6) is 5.75 Å². The monoisotopic (exact) mass is 424 g/mol. The Morgan fingerprint density at radius 2 is 1.43 bits per heavy atom. The fourth-order valence-corrected chi connectivity index (χ4v) is 4.15. The van der Waals surface area contributed by atoms with E-state index in [0.717, 1.165) is 11.1 Å². The zero-order valence-electron chi connectivity index (χ0n) is 16.6. The molecule has 3 aromatic rings. The number of nitrogens with one attached hydrogen (secondary N) is 2. The van der Waals surface area contributed by atoms with E-state index in [4.69, 9.17) is 4.74 Å². The van der Waals surface area contributed by atoms with Crippen LogP contribution in [0.15, 0.2) is 89.8 Å². The molecule has 3 aromatic carbocycles. The standard InChI is InChI=1S/C23H24N2O4S/c1-29-20-12-14-21(15-13-20)30(27,28)25-22(16-18-8-4-2-5-9-18)23(26)24-17-19-10-6-3-7-11-19/h2-15,22,25H,16-17H2,1H3,(H,24,26). The van der Waals surface area contributed by atoms with E-state index in [9.17, 15) is 13.2 Å². The fourth-order valence-electron chi connectivity index (χ4n) is 2.96. The average molecular weight is 425 g/mol. The number of carbonyl (C=O) groups is 1. The van der Waals surface area contributed by atoms with Gasteiger partial charge in [-0.05, 0) is 41.8 Å². The lowest BCUT2D eigenvalue weighted by atomic mass is 10.1. The van der Waals surface area contributed by atoms with Gasteiger partial charge >= 0.3 is 0 Å². The molecule has 0 aliphatic heterocycles. The molecule has 1 amide bonds. The molecule has 0 saturated carbocycles. The second-order valence-electron chi connectivity index (χ2n) is 6.74. The van der Waals surface area contributed by atoms with Gasteiger partial charge in [-0.25, -0.2) is 8.42 Å². The molecule has 156 valence electrons. The lowest BCUT2D eigenvalue weighted by Crippen LogP contribution is -2.47. The van der Waals surface area contributed by atoms with E-state index in [2.05, 4.69) is 10.0 Å². The van der Waals surface area contributed by atoms with Gasteiger partial charge in [0.2, 0.25) is 15.9 Å². The predicted molar refractivity (Wildman–Crippen MR) is 116 cm³/mol. The third-order valence-electron chi connectivity index (χ3n) is 4.58. The first-order valence-corrected chi connectivity index (χ1v) is 11.0. The predicted octanol–water partition coefficient (Wildman–Crippen LogP) is 2.90. The Labute approximate surface area is 177 Å². The third-order valence-corrected chi connectivity index (χ3v) is 6.06. The maximum atomic E-state index is 12.9. The van der Waals surface area contributed by atoms with Crippen molar-refractivity contribution in [3.63, 3.8) is 0 Å². The Morgan fingerprint density at radius 1 is 0.867 bits per heavy atom. The topological polar surface area (TPSA) is 84.5 Å². The van der Waals surface area contributed by atoms with Gasteiger partial charge in [-0.2, -0.15) is 4.72 Å². The minimum absolute atomic E-state index is 0.0669. The van der Waals surface area contributed by atoms with Crippen molar-refractivity contribution in [1.29, 1.82) is 0 Å². The van der Waals surface area contributed by atoms with E-state index in [1.165, 1.54) is 19.2 Å². The number of ether oxygens (including phenoxy) is 1. The highest BCUT2D eigenvalue weighted by Gasteiger charge is 2.26. The Hall–Kier alpha value is -3.16. The van der Waals surface area contributed by atoms with E-state index in [-0.39, 0.29) is 17.2 Å². The Bertz CT molecular complexity index is 1050. The molecule has 2 N–H and O–H groups in total. The lowest BCUT2D eigenvalue weighted by Gasteiger charge is -2.19. The number of hydrogen-bond donors (Lipinski definition) is 2. The number of rotatable bonds is 9. The quantitative estimate of drug-likeness (QED) is 0.553. The van der Waals surface area contributed by atoms with Crippen molar-refractivity contribution in [2.45, 2.75) is 23.9 Å². The molecule has 30 heavy (non-hydrogen) atoms. The largest absolute Gasteiger partial charge is 0.497 e. The Kier molecular flexibility index (Phi) is 7.21. The first-order valence-electron chi connectivity index (χ1n) is 9.50. The molecule has 0 radical (unpaired) electrons. The van der Waals surface area contributed by atoms with Crippen LogP contribution in [0.2, 0.25) is 0 Å². The van der Waals surface area contributed by atoms with Crippen LogP contribution in [0, 0.1) is 0 Å². The first kappa shape index (κ1) is 21.5. The molecule has 0 bridgehead atoms. The third kappa shape index (κ3) is 5.92. The molecule has 0 saturated heterocycles. The van der Waals surface area contributed by atoms with Crippen LogP contribution in [0.3, 0.4) is 0 Å². The molecule has 7 heteroatoms. The summed E-state index contributed by atoms with van der Waals surface area (Å²) in [5, 5.41) is 2.83. The smallest absolute Gasteiger partial charge is 0.241 e. The number of carbonyl (C=O) groups excluding carboxylic acids is 1. The van der Waals surface area contributed by atoms with Gasteiger partial charge < -0.3 is 10.1 Å². The highest BCUT2D eigenvalue weighted by molar-refractivity contribution is 7.89. The first-order chi connectivity index (χ1) is 14.5. The zero-order chi connectivity index (χ0) is 21.4. The van der Waals surface area contributed by atoms with Crippen LogP contribution >= 0.6 is 0 Å². The number of hydrogen-bond acceptors (Lipinski definition) is 4. The molecule has 0 fully saturated rings. The molecule has 1 atom stereocenters. The van der Waals surface area contributed by atoms with Gasteiger partial charge in [0, 0.05) is 6.54 Å². The summed E-state index contributed by atoms with van der Waals surface area (Å²) in [7, 11) is -2.39. The minimum atomic E-state index is -3.90. The van der Waals surface area contributed by atoms with Crippen molar-refractivity contribution >= 4 is 15.9 Å². The highest BCUT2D eigenvalue weighted by atomic mass is 32.2. The van der Waals surface area contributed by atoms with Crippen LogP contribution in [0.4, 0.5) is 0 Å². The second-order valence-corrected chi connectivity index (χ2v) is 8.46. The molecule has 0 heterocycles. The summed E-state index contributed by atoms with van der Waals surface area (Å²) in [4.78, 5) is 12.9. The van der Waals surface area contributed by atoms with Crippen LogP contribution in [-0.2, 0) is 27.8 Å². The number of methoxy groups -OCH3 is 1. The average Bonchev–Trinajstić information content (AvgIpc) is 2.78. The number of sulfonamides is 1. The van der Waals surface area contributed by atoms with E-state index in [1.54, 1.807) is 12.1 Å². The summed E-state index contributed by atoms with van der Waals surface area (Å²) >= 11 is 0. The molecule has 1 unspecified atom stereocenters. The summed E-state index contributed by atoms with van der Waals surface area (Å²) in [6.07, 6.45) is 0.233. The molecular weight excluding hydrogens is 400 g/mol. The molecule has 3 rings (SSSR count). The van der Waals surface area contributed by atoms with Crippen LogP contribution < -0.4 is 14.8 Å². The van der Waals surface area contributed by atoms with Crippen molar-refractivity contribution in [3.8, 4) is 5.75 Å². The summed E-state index contributed by atoms with van der Waals surface area (Å²) in [5.74, 6) is 0.162. The van der Waals surface area contributed by atoms with Gasteiger partial charge in [0.05, 0.1) is 12.0 Å². The minimum Gasteiger partial charge on any atom is -0.497 e. The van der Waals surface area contributed by atoms with Crippen molar-refractivity contribution in [2.75, 3.05) is 7.11 Å². The van der Waals surface area contributed by atoms with E-state index in [1.807, 2.05) is 60.7 Å². The van der Waals surface area contributed by atoms with Crippen LogP contribution in [0.1, 0.15) is 11.1 Å². The number of amides is 1. The van der Waals surface area contributed by atoms with Crippen molar-refractivity contribution in [1.82, 2.24) is 10.0 Å². The summed E-state index contributed by atoms with van der Waals surface area (Å²) in [6, 6.07) is 23.8. The molecule has 0 aliphatic carbocycles. The lowest BCUT2D eigenvalue weighted by molar-refractivity contribution is -0.122. The summed E-state index contributed by atoms with van der Waals surface area (Å²) in [6.45, 7) is 0.315. The molecule has 6 nitrogen and oxygen atoms in total. The number of benzene rings is 3. The second kappa shape index (κ2) is 10.0. The van der Waals surface area contributed by atoms with E-state index < -0.39 is 16.1 Å². The highest BCUT2D eigenvalue weighted by Crippen LogP contribution is 2.16. The maximum Gasteiger partial charge on any atom is 0.241 e. The van der Waals surface area contributed by atoms with Crippen LogP contribution in [-0.4, -0.2) is 27.5 Å². The Morgan fingerprint density at radius 3 is 2.00 bits per heavy atom. The van der Waals surface area contributed by atoms with E-state index in [0.29, 0.717) is 12.3 Å². The molecule has 0 spiro atoms. The van der Waals surface area contributed by atoms with Gasteiger partial charge in [0.15, 0.2) is 0 Å². The van der Waals surface area contributed by atoms with Crippen LogP contribution in [0.25, 0.3) is 0 Å². The SMILES string of the molecule is COc1ccc(S(=O)(=O)NC(Cc2ccccc2)C(=O)NCc2ccccc2)cc1. The van der Waals surface area contributed by atoms with Gasteiger partial charge in [-0.1, -0.05) is 60.7 Å². The normalized spacial score (nSPS) is 12.2. The van der Waals surface area contributed by atoms with Gasteiger partial charge in [-0.3, -0.25) is 4.79 Å². The van der Waals surface area contributed by atoms with E-state index >= 15 is 0 Å². The molecule has 0 aliphatic rings. The van der Waals surface area contributed by atoms with Crippen molar-refractivity contribution < 1.29 is 17.9 Å². The summed E-state index contributed by atoms with van der Waals surface area (Å²) in [5.41, 5.74) is 1.79. The van der Waals surface area contributed by atoms with Crippen molar-refractivity contribution in [2.24, 2.45) is 0 Å². The summed E-state index contributed by atoms with van der Waals surface area (Å²) < 4.78 is 33.4. The molecule has 0 aromatic heterocycles. The maximum absolute atomic E-state index is 12.9.